The average molecular weight is 286 g/mol. The number of benzene rings is 1. The zero-order valence-electron chi connectivity index (χ0n) is 11.1. The molecule has 5 heteroatoms. The normalized spacial score (nSPS) is 9.90. The highest BCUT2D eigenvalue weighted by atomic mass is 35.5. The molecule has 2 rings (SSSR count). The largest absolute Gasteiger partial charge is 0.322 e. The highest BCUT2D eigenvalue weighted by molar-refractivity contribution is 6.29. The average Bonchev–Trinajstić information content (AvgIpc) is 2.40. The fraction of sp³-hybridized carbons (Fsp3) is 0.133. The fourth-order valence-corrected chi connectivity index (χ4v) is 2.03. The van der Waals surface area contributed by atoms with E-state index >= 15 is 0 Å². The summed E-state index contributed by atoms with van der Waals surface area (Å²) in [5.41, 5.74) is 3.10. The number of hydrogen-bond acceptors (Lipinski definition) is 3. The van der Waals surface area contributed by atoms with E-state index in [1.165, 1.54) is 6.07 Å². The van der Waals surface area contributed by atoms with Gasteiger partial charge in [-0.2, -0.15) is 5.26 Å². The van der Waals surface area contributed by atoms with E-state index in [1.54, 1.807) is 31.2 Å². The van der Waals surface area contributed by atoms with Gasteiger partial charge in [0, 0.05) is 16.9 Å². The lowest BCUT2D eigenvalue weighted by molar-refractivity contribution is 0.102. The number of anilines is 1. The molecule has 1 aromatic heterocycles. The lowest BCUT2D eigenvalue weighted by Gasteiger charge is -2.09. The van der Waals surface area contributed by atoms with Gasteiger partial charge in [-0.1, -0.05) is 17.7 Å². The predicted octanol–water partition coefficient (Wildman–Crippen LogP) is 3.48. The van der Waals surface area contributed by atoms with Crippen LogP contribution in [0.25, 0.3) is 0 Å². The van der Waals surface area contributed by atoms with Gasteiger partial charge in [-0.15, -0.1) is 0 Å². The molecule has 0 aliphatic heterocycles. The molecule has 20 heavy (non-hydrogen) atoms. The zero-order valence-corrected chi connectivity index (χ0v) is 11.8. The summed E-state index contributed by atoms with van der Waals surface area (Å²) in [5, 5.41) is 11.9. The van der Waals surface area contributed by atoms with Gasteiger partial charge in [0.15, 0.2) is 0 Å². The molecule has 2 aromatic rings. The Balaban J connectivity index is 2.30. The number of nitrogens with zero attached hydrogens (tertiary/aromatic N) is 2. The van der Waals surface area contributed by atoms with Crippen molar-refractivity contribution in [1.29, 1.82) is 5.26 Å². The minimum Gasteiger partial charge on any atom is -0.322 e. The van der Waals surface area contributed by atoms with E-state index in [2.05, 4.69) is 10.3 Å². The topological polar surface area (TPSA) is 65.8 Å². The number of carbonyl (C=O) groups is 1. The van der Waals surface area contributed by atoms with Gasteiger partial charge in [0.05, 0.1) is 11.6 Å². The first kappa shape index (κ1) is 14.0. The van der Waals surface area contributed by atoms with Crippen LogP contribution >= 0.6 is 11.6 Å². The number of amides is 1. The van der Waals surface area contributed by atoms with Gasteiger partial charge in [0.1, 0.15) is 5.15 Å². The number of nitrogens with one attached hydrogen (secondary N) is 1. The first-order chi connectivity index (χ1) is 9.49. The van der Waals surface area contributed by atoms with Crippen LogP contribution in [-0.2, 0) is 0 Å². The standard InChI is InChI=1S/C15H12ClN3O/c1-9-3-4-11(8-17)6-13(9)19-15(20)12-5-10(2)18-14(16)7-12/h3-7H,1-2H3,(H,19,20). The second kappa shape index (κ2) is 5.72. The smallest absolute Gasteiger partial charge is 0.255 e. The molecule has 0 saturated carbocycles. The number of halogens is 1. The Morgan fingerprint density at radius 1 is 1.30 bits per heavy atom. The third-order valence-corrected chi connectivity index (χ3v) is 2.99. The molecule has 1 aromatic carbocycles. The van der Waals surface area contributed by atoms with Crippen LogP contribution in [0.4, 0.5) is 5.69 Å². The van der Waals surface area contributed by atoms with Crippen LogP contribution in [0.5, 0.6) is 0 Å². The van der Waals surface area contributed by atoms with Gasteiger partial charge < -0.3 is 5.32 Å². The summed E-state index contributed by atoms with van der Waals surface area (Å²) in [6, 6.07) is 10.3. The van der Waals surface area contributed by atoms with E-state index in [-0.39, 0.29) is 11.1 Å². The van der Waals surface area contributed by atoms with E-state index in [4.69, 9.17) is 16.9 Å². The van der Waals surface area contributed by atoms with Crippen LogP contribution < -0.4 is 5.32 Å². The molecule has 0 aliphatic rings. The van der Waals surface area contributed by atoms with E-state index in [0.717, 1.165) is 5.56 Å². The molecule has 1 N–H and O–H groups in total. The Hall–Kier alpha value is -2.38. The van der Waals surface area contributed by atoms with Crippen LogP contribution in [0.2, 0.25) is 5.15 Å². The van der Waals surface area contributed by atoms with Crippen LogP contribution in [0.15, 0.2) is 30.3 Å². The first-order valence-electron chi connectivity index (χ1n) is 5.96. The summed E-state index contributed by atoms with van der Waals surface area (Å²) in [6.45, 7) is 3.63. The predicted molar refractivity (Wildman–Crippen MR) is 77.8 cm³/mol. The Labute approximate surface area is 122 Å². The molecule has 1 heterocycles. The monoisotopic (exact) mass is 285 g/mol. The van der Waals surface area contributed by atoms with Crippen molar-refractivity contribution in [3.8, 4) is 6.07 Å². The molecule has 0 radical (unpaired) electrons. The number of carbonyl (C=O) groups excluding carboxylic acids is 1. The summed E-state index contributed by atoms with van der Waals surface area (Å²) >= 11 is 5.84. The van der Waals surface area contributed by atoms with Gasteiger partial charge in [0.25, 0.3) is 5.91 Å². The Kier molecular flexibility index (Phi) is 4.02. The Morgan fingerprint density at radius 2 is 2.05 bits per heavy atom. The third-order valence-electron chi connectivity index (χ3n) is 2.80. The number of hydrogen-bond donors (Lipinski definition) is 1. The molecule has 0 unspecified atom stereocenters. The minimum absolute atomic E-state index is 0.276. The van der Waals surface area contributed by atoms with Gasteiger partial charge in [-0.25, -0.2) is 4.98 Å². The second-order valence-electron chi connectivity index (χ2n) is 4.42. The molecule has 0 spiro atoms. The summed E-state index contributed by atoms with van der Waals surface area (Å²) in [7, 11) is 0. The summed E-state index contributed by atoms with van der Waals surface area (Å²) in [6.07, 6.45) is 0. The maximum atomic E-state index is 12.2. The van der Waals surface area contributed by atoms with Crippen molar-refractivity contribution in [2.24, 2.45) is 0 Å². The van der Waals surface area contributed by atoms with Gasteiger partial charge in [0.2, 0.25) is 0 Å². The van der Waals surface area contributed by atoms with Crippen LogP contribution in [0.3, 0.4) is 0 Å². The quantitative estimate of drug-likeness (QED) is 0.859. The number of aryl methyl sites for hydroxylation is 2. The van der Waals surface area contributed by atoms with Crippen molar-refractivity contribution in [3.05, 3.63) is 57.9 Å². The van der Waals surface area contributed by atoms with Gasteiger partial charge in [-0.05, 0) is 43.7 Å². The van der Waals surface area contributed by atoms with E-state index in [0.29, 0.717) is 22.5 Å². The lowest BCUT2D eigenvalue weighted by atomic mass is 10.1. The highest BCUT2D eigenvalue weighted by Crippen LogP contribution is 2.18. The molecule has 0 saturated heterocycles. The van der Waals surface area contributed by atoms with Crippen molar-refractivity contribution in [2.45, 2.75) is 13.8 Å². The molecular formula is C15H12ClN3O. The van der Waals surface area contributed by atoms with Crippen molar-refractivity contribution < 1.29 is 4.79 Å². The van der Waals surface area contributed by atoms with Crippen LogP contribution in [0.1, 0.15) is 27.2 Å². The number of rotatable bonds is 2. The summed E-state index contributed by atoms with van der Waals surface area (Å²) < 4.78 is 0. The molecule has 0 bridgehead atoms. The molecule has 100 valence electrons. The first-order valence-corrected chi connectivity index (χ1v) is 6.33. The van der Waals surface area contributed by atoms with E-state index in [1.807, 2.05) is 13.0 Å². The van der Waals surface area contributed by atoms with Crippen molar-refractivity contribution >= 4 is 23.2 Å². The zero-order chi connectivity index (χ0) is 14.7. The Bertz CT molecular complexity index is 699. The Morgan fingerprint density at radius 3 is 2.70 bits per heavy atom. The SMILES string of the molecule is Cc1cc(C(=O)Nc2cc(C#N)ccc2C)cc(Cl)n1. The highest BCUT2D eigenvalue weighted by Gasteiger charge is 2.10. The maximum Gasteiger partial charge on any atom is 0.255 e. The summed E-state index contributed by atoms with van der Waals surface area (Å²) in [5.74, 6) is -0.282. The molecule has 0 fully saturated rings. The maximum absolute atomic E-state index is 12.2. The van der Waals surface area contributed by atoms with Crippen molar-refractivity contribution in [3.63, 3.8) is 0 Å². The van der Waals surface area contributed by atoms with Crippen LogP contribution in [0, 0.1) is 25.2 Å². The fourth-order valence-electron chi connectivity index (χ4n) is 1.78. The molecule has 0 atom stereocenters. The number of nitriles is 1. The molecule has 4 nitrogen and oxygen atoms in total. The van der Waals surface area contributed by atoms with Crippen molar-refractivity contribution in [1.82, 2.24) is 4.98 Å². The second-order valence-corrected chi connectivity index (χ2v) is 4.80. The van der Waals surface area contributed by atoms with Gasteiger partial charge >= 0.3 is 0 Å². The molecule has 1 amide bonds. The summed E-state index contributed by atoms with van der Waals surface area (Å²) in [4.78, 5) is 16.2. The lowest BCUT2D eigenvalue weighted by Crippen LogP contribution is -2.13. The molecule has 0 aliphatic carbocycles. The van der Waals surface area contributed by atoms with Crippen molar-refractivity contribution in [2.75, 3.05) is 5.32 Å². The third kappa shape index (κ3) is 3.14. The minimum atomic E-state index is -0.282. The van der Waals surface area contributed by atoms with Gasteiger partial charge in [-0.3, -0.25) is 4.79 Å². The molecular weight excluding hydrogens is 274 g/mol. The van der Waals surface area contributed by atoms with E-state index < -0.39 is 0 Å². The number of aromatic nitrogens is 1. The number of pyridine rings is 1. The van der Waals surface area contributed by atoms with E-state index in [9.17, 15) is 4.79 Å². The van der Waals surface area contributed by atoms with Crippen LogP contribution in [-0.4, -0.2) is 10.9 Å².